The van der Waals surface area contributed by atoms with Crippen LogP contribution in [-0.2, 0) is 36.7 Å². The summed E-state index contributed by atoms with van der Waals surface area (Å²) in [5.41, 5.74) is 10.8. The summed E-state index contributed by atoms with van der Waals surface area (Å²) in [6.07, 6.45) is -9.99. The van der Waals surface area contributed by atoms with Gasteiger partial charge in [-0.1, -0.05) is 24.5 Å². The molecule has 3 fully saturated rings. The molecule has 0 unspecified atom stereocenters. The number of H-pyrrole nitrogens is 1. The fourth-order valence-corrected chi connectivity index (χ4v) is 8.17. The Morgan fingerprint density at radius 2 is 1.47 bits per heavy atom. The highest BCUT2D eigenvalue weighted by Crippen LogP contribution is 2.60. The summed E-state index contributed by atoms with van der Waals surface area (Å²) < 4.78 is 94.2. The Morgan fingerprint density at radius 1 is 0.844 bits per heavy atom. The molecule has 0 radical (unpaired) electrons. The first kappa shape index (κ1) is 30.9. The van der Waals surface area contributed by atoms with Crippen LogP contribution in [0.15, 0.2) is 23.8 Å². The minimum atomic E-state index is -4.48. The average molecular weight is 711 g/mol. The van der Waals surface area contributed by atoms with Crippen LogP contribution in [0, 0.1) is 0 Å². The van der Waals surface area contributed by atoms with Crippen LogP contribution in [0.25, 0.3) is 22.3 Å². The smallest absolute Gasteiger partial charge is 0.382 e. The van der Waals surface area contributed by atoms with E-state index in [1.807, 2.05) is 0 Å². The number of aromatic amines is 1. The van der Waals surface area contributed by atoms with Gasteiger partial charge in [0.25, 0.3) is 5.56 Å². The zero-order valence-corrected chi connectivity index (χ0v) is 25.8. The van der Waals surface area contributed by atoms with E-state index in [2.05, 4.69) is 54.4 Å². The molecule has 45 heavy (non-hydrogen) atoms. The lowest BCUT2D eigenvalue weighted by atomic mass is 10.1. The second kappa shape index (κ2) is 11.2. The highest BCUT2D eigenvalue weighted by Gasteiger charge is 2.54. The van der Waals surface area contributed by atoms with E-state index < -0.39 is 81.6 Å². The van der Waals surface area contributed by atoms with Gasteiger partial charge >= 0.3 is 13.6 Å². The first-order valence-electron chi connectivity index (χ1n) is 12.9. The molecule has 3 saturated heterocycles. The van der Waals surface area contributed by atoms with Crippen LogP contribution < -0.4 is 17.0 Å². The quantitative estimate of drug-likeness (QED) is 0.146. The number of hydrogen-bond acceptors (Lipinski definition) is 16. The molecule has 25 heteroatoms. The molecule has 0 spiro atoms. The van der Waals surface area contributed by atoms with Crippen LogP contribution >= 0.6 is 38.1 Å². The topological polar surface area (TPSA) is 249 Å². The van der Waals surface area contributed by atoms with Gasteiger partial charge in [0.1, 0.15) is 36.3 Å². The molecule has 242 valence electrons. The second-order valence-electron chi connectivity index (χ2n) is 10.0. The van der Waals surface area contributed by atoms with Crippen molar-refractivity contribution in [1.29, 1.82) is 0 Å². The number of imidazole rings is 2. The molecule has 3 aliphatic heterocycles. The minimum Gasteiger partial charge on any atom is -0.382 e. The van der Waals surface area contributed by atoms with Gasteiger partial charge in [-0.25, -0.2) is 37.8 Å². The van der Waals surface area contributed by atoms with Gasteiger partial charge in [-0.3, -0.25) is 37.0 Å². The van der Waals surface area contributed by atoms with Crippen molar-refractivity contribution in [3.63, 3.8) is 0 Å². The van der Waals surface area contributed by atoms with Crippen LogP contribution in [-0.4, -0.2) is 89.0 Å². The third kappa shape index (κ3) is 5.53. The molecule has 4 aromatic heterocycles. The Bertz CT molecular complexity index is 1950. The van der Waals surface area contributed by atoms with Gasteiger partial charge in [-0.2, -0.15) is 4.98 Å². The highest BCUT2D eigenvalue weighted by atomic mass is 32.7. The molecule has 4 aromatic rings. The van der Waals surface area contributed by atoms with Gasteiger partial charge < -0.3 is 20.9 Å². The Labute approximate surface area is 259 Å². The third-order valence-electron chi connectivity index (χ3n) is 7.23. The van der Waals surface area contributed by atoms with Gasteiger partial charge in [-0.05, 0) is 0 Å². The highest BCUT2D eigenvalue weighted by molar-refractivity contribution is 8.44. The molecule has 0 amide bonds. The SMILES string of the molecule is Nc1nc2c(ncn2[C@@H]2O[C@@H]3CO[P@](=O)(S)O[C@@H]4[C@H](F)[C@@H](CO[P@](=O)(S)O[C@H]3[C@H]2F)O[C@H]4n2cnc3c(N)ncnc32)c(=O)[nH]1. The number of hydrogen-bond donors (Lipinski definition) is 5. The minimum absolute atomic E-state index is 0.0368. The summed E-state index contributed by atoms with van der Waals surface area (Å²) in [7, 11) is 0. The number of ether oxygens (including phenoxy) is 2. The molecular formula is C20H22F2N10O9P2S2. The van der Waals surface area contributed by atoms with Crippen molar-refractivity contribution < 1.29 is 45.5 Å². The lowest BCUT2D eigenvalue weighted by molar-refractivity contribution is -0.0563. The lowest BCUT2D eigenvalue weighted by Crippen LogP contribution is -2.33. The summed E-state index contributed by atoms with van der Waals surface area (Å²) >= 11 is 7.94. The summed E-state index contributed by atoms with van der Waals surface area (Å²) in [5.74, 6) is -0.234. The second-order valence-corrected chi connectivity index (χ2v) is 15.8. The maximum atomic E-state index is 16.0. The van der Waals surface area contributed by atoms with Crippen molar-refractivity contribution in [2.45, 2.75) is 49.2 Å². The van der Waals surface area contributed by atoms with Gasteiger partial charge in [0.2, 0.25) is 5.95 Å². The number of aromatic nitrogens is 8. The fourth-order valence-electron chi connectivity index (χ4n) is 5.23. The molecular weight excluding hydrogens is 688 g/mol. The number of nitrogen functional groups attached to an aromatic ring is 2. The maximum Gasteiger partial charge on any atom is 0.386 e. The number of nitrogens with one attached hydrogen (secondary N) is 1. The van der Waals surface area contributed by atoms with Crippen molar-refractivity contribution in [2.24, 2.45) is 0 Å². The van der Waals surface area contributed by atoms with E-state index in [0.717, 1.165) is 17.2 Å². The predicted molar refractivity (Wildman–Crippen MR) is 155 cm³/mol. The molecule has 2 bridgehead atoms. The number of halogens is 2. The first-order chi connectivity index (χ1) is 21.3. The van der Waals surface area contributed by atoms with Gasteiger partial charge in [0, 0.05) is 0 Å². The fraction of sp³-hybridized carbons (Fsp3) is 0.500. The van der Waals surface area contributed by atoms with Gasteiger partial charge in [0.05, 0.1) is 25.9 Å². The summed E-state index contributed by atoms with van der Waals surface area (Å²) in [6.45, 7) is -10.4. The molecule has 19 nitrogen and oxygen atoms in total. The normalized spacial score (nSPS) is 37.7. The van der Waals surface area contributed by atoms with Crippen LogP contribution in [0.4, 0.5) is 20.5 Å². The summed E-state index contributed by atoms with van der Waals surface area (Å²) in [5, 5.41) is 0. The lowest BCUT2D eigenvalue weighted by Gasteiger charge is -2.26. The van der Waals surface area contributed by atoms with Gasteiger partial charge in [0.15, 0.2) is 47.4 Å². The zero-order valence-electron chi connectivity index (χ0n) is 22.3. The number of thiol groups is 2. The molecule has 7 heterocycles. The van der Waals surface area contributed by atoms with E-state index >= 15 is 8.78 Å². The van der Waals surface area contributed by atoms with Crippen molar-refractivity contribution in [2.75, 3.05) is 24.7 Å². The third-order valence-corrected chi connectivity index (χ3v) is 10.5. The number of nitrogens with two attached hydrogens (primary N) is 2. The zero-order chi connectivity index (χ0) is 31.8. The molecule has 3 aliphatic rings. The van der Waals surface area contributed by atoms with Crippen LogP contribution in [0.5, 0.6) is 0 Å². The molecule has 0 aromatic carbocycles. The van der Waals surface area contributed by atoms with E-state index in [1.54, 1.807) is 0 Å². The first-order valence-corrected chi connectivity index (χ1v) is 18.3. The van der Waals surface area contributed by atoms with E-state index in [4.69, 9.17) is 39.0 Å². The van der Waals surface area contributed by atoms with Crippen molar-refractivity contribution in [1.82, 2.24) is 39.0 Å². The van der Waals surface area contributed by atoms with Crippen molar-refractivity contribution in [3.05, 3.63) is 29.3 Å². The van der Waals surface area contributed by atoms with E-state index in [-0.39, 0.29) is 34.1 Å². The van der Waals surface area contributed by atoms with E-state index in [0.29, 0.717) is 0 Å². The van der Waals surface area contributed by atoms with E-state index in [1.165, 1.54) is 10.9 Å². The summed E-state index contributed by atoms with van der Waals surface area (Å²) in [6, 6.07) is 0. The molecule has 7 rings (SSSR count). The number of rotatable bonds is 2. The summed E-state index contributed by atoms with van der Waals surface area (Å²) in [4.78, 5) is 34.5. The standard InChI is InChI=1S/C20H22F2N10O9P2S2/c21-8-6-1-36-42(34,44)40-12-7(39-18(9(12)22)32-5-28-11-16(32)29-20(24)30-17(11)33)2-37-43(35,45)41-13(8)19(38-6)31-4-27-10-14(23)25-3-26-15(10)31/h3-9,12-13,18-19H,1-2H2,(H,34,44)(H,35,45)(H2,23,25,26)(H3,24,29,30,33)/t6-,7-,8-,9-,12-,13-,18-,19-,42+,43+/m1/s1. The molecule has 0 saturated carbocycles. The van der Waals surface area contributed by atoms with Crippen LogP contribution in [0.2, 0.25) is 0 Å². The largest absolute Gasteiger partial charge is 0.386 e. The Hall–Kier alpha value is -2.72. The molecule has 10 atom stereocenters. The number of fused-ring (bicyclic) bond motifs is 5. The Balaban J connectivity index is 1.21. The molecule has 0 aliphatic carbocycles. The number of alkyl halides is 2. The number of anilines is 2. The maximum absolute atomic E-state index is 16.0. The Kier molecular flexibility index (Phi) is 7.70. The monoisotopic (exact) mass is 710 g/mol. The van der Waals surface area contributed by atoms with Crippen molar-refractivity contribution in [3.8, 4) is 0 Å². The van der Waals surface area contributed by atoms with Crippen LogP contribution in [0.1, 0.15) is 12.5 Å². The average Bonchev–Trinajstić information content (AvgIpc) is 3.72. The van der Waals surface area contributed by atoms with Crippen molar-refractivity contribution >= 4 is 72.2 Å². The number of nitrogens with zero attached hydrogens (tertiary/aromatic N) is 7. The van der Waals surface area contributed by atoms with E-state index in [9.17, 15) is 13.9 Å². The van der Waals surface area contributed by atoms with Gasteiger partial charge in [-0.15, -0.1) is 0 Å². The van der Waals surface area contributed by atoms with Crippen LogP contribution in [0.3, 0.4) is 0 Å². The Morgan fingerprint density at radius 3 is 2.20 bits per heavy atom. The predicted octanol–water partition coefficient (Wildman–Crippen LogP) is 1.49. The molecule has 5 N–H and O–H groups in total.